The quantitative estimate of drug-likeness (QED) is 0.458. The number of ether oxygens (including phenoxy) is 1. The molecule has 2 aromatic carbocycles. The number of hydrogen-bond donors (Lipinski definition) is 2. The smallest absolute Gasteiger partial charge is 0.191 e. The Morgan fingerprint density at radius 1 is 1.08 bits per heavy atom. The number of benzene rings is 2. The Kier molecular flexibility index (Phi) is 7.49. The maximum atomic E-state index is 5.37. The highest BCUT2D eigenvalue weighted by Gasteiger charge is 2.07. The molecule has 0 bridgehead atoms. The first-order valence-corrected chi connectivity index (χ1v) is 8.89. The van der Waals surface area contributed by atoms with Gasteiger partial charge in [-0.1, -0.05) is 43.3 Å². The van der Waals surface area contributed by atoms with Crippen LogP contribution < -0.4 is 15.4 Å². The lowest BCUT2D eigenvalue weighted by Gasteiger charge is -2.16. The maximum Gasteiger partial charge on any atom is 0.191 e. The van der Waals surface area contributed by atoms with E-state index in [1.807, 2.05) is 42.1 Å². The molecule has 1 unspecified atom stereocenters. The van der Waals surface area contributed by atoms with Crippen LogP contribution in [0, 0.1) is 0 Å². The van der Waals surface area contributed by atoms with E-state index in [0.29, 0.717) is 11.8 Å². The molecule has 1 atom stereocenters. The Morgan fingerprint density at radius 2 is 1.79 bits per heavy atom. The molecule has 2 aromatic rings. The summed E-state index contributed by atoms with van der Waals surface area (Å²) in [5, 5.41) is 7.15. The second-order valence-electron chi connectivity index (χ2n) is 5.36. The molecule has 0 saturated heterocycles. The van der Waals surface area contributed by atoms with Crippen molar-refractivity contribution in [3.63, 3.8) is 0 Å². The lowest BCUT2D eigenvalue weighted by Crippen LogP contribution is -2.39. The molecule has 0 aromatic heterocycles. The normalized spacial score (nSPS) is 12.5. The van der Waals surface area contributed by atoms with E-state index in [9.17, 15) is 0 Å². The minimum absolute atomic E-state index is 0.442. The molecule has 0 aliphatic rings. The molecule has 0 heterocycles. The minimum Gasteiger partial charge on any atom is -0.496 e. The number of methoxy groups -OCH3 is 1. The van der Waals surface area contributed by atoms with Gasteiger partial charge < -0.3 is 15.4 Å². The van der Waals surface area contributed by atoms with Crippen LogP contribution in [0.25, 0.3) is 0 Å². The number of hydrogen-bond acceptors (Lipinski definition) is 3. The van der Waals surface area contributed by atoms with Crippen LogP contribution >= 0.6 is 11.8 Å². The summed E-state index contributed by atoms with van der Waals surface area (Å²) < 4.78 is 5.37. The van der Waals surface area contributed by atoms with Crippen molar-refractivity contribution >= 4 is 17.7 Å². The van der Waals surface area contributed by atoms with Crippen molar-refractivity contribution < 1.29 is 4.74 Å². The van der Waals surface area contributed by atoms with E-state index in [2.05, 4.69) is 46.8 Å². The number of thioether (sulfide) groups is 1. The van der Waals surface area contributed by atoms with Crippen LogP contribution in [0.15, 0.2) is 64.5 Å². The number of para-hydroxylation sites is 1. The van der Waals surface area contributed by atoms with Gasteiger partial charge in [0.15, 0.2) is 5.96 Å². The zero-order chi connectivity index (χ0) is 17.2. The number of rotatable bonds is 7. The summed E-state index contributed by atoms with van der Waals surface area (Å²) in [6, 6.07) is 18.4. The molecule has 4 nitrogen and oxygen atoms in total. The third-order valence-electron chi connectivity index (χ3n) is 3.50. The molecule has 0 fully saturated rings. The molecule has 0 amide bonds. The predicted octanol–water partition coefficient (Wildman–Crippen LogP) is 3.54. The molecule has 0 spiro atoms. The summed E-state index contributed by atoms with van der Waals surface area (Å²) in [5.41, 5.74) is 1.11. The van der Waals surface area contributed by atoms with E-state index in [1.54, 1.807) is 14.2 Å². The predicted molar refractivity (Wildman–Crippen MR) is 103 cm³/mol. The second kappa shape index (κ2) is 9.88. The minimum atomic E-state index is 0.442. The van der Waals surface area contributed by atoms with E-state index in [-0.39, 0.29) is 0 Å². The van der Waals surface area contributed by atoms with E-state index in [4.69, 9.17) is 4.74 Å². The van der Waals surface area contributed by atoms with Gasteiger partial charge in [0.05, 0.1) is 7.11 Å². The van der Waals surface area contributed by atoms with Gasteiger partial charge in [-0.05, 0) is 18.2 Å². The monoisotopic (exact) mass is 343 g/mol. The average molecular weight is 343 g/mol. The maximum absolute atomic E-state index is 5.37. The summed E-state index contributed by atoms with van der Waals surface area (Å²) in [7, 11) is 3.47. The van der Waals surface area contributed by atoms with Crippen LogP contribution in [-0.4, -0.2) is 31.9 Å². The molecule has 5 heteroatoms. The fourth-order valence-corrected chi connectivity index (χ4v) is 3.21. The fraction of sp³-hybridized carbons (Fsp3) is 0.316. The number of nitrogens with one attached hydrogen (secondary N) is 2. The van der Waals surface area contributed by atoms with Gasteiger partial charge in [-0.2, -0.15) is 0 Å². The lowest BCUT2D eigenvalue weighted by molar-refractivity contribution is 0.409. The van der Waals surface area contributed by atoms with Gasteiger partial charge >= 0.3 is 0 Å². The Balaban J connectivity index is 1.80. The molecule has 0 radical (unpaired) electrons. The third kappa shape index (κ3) is 5.81. The van der Waals surface area contributed by atoms with Crippen LogP contribution in [0.5, 0.6) is 5.75 Å². The Labute approximate surface area is 148 Å². The first-order chi connectivity index (χ1) is 11.7. The van der Waals surface area contributed by atoms with Crippen molar-refractivity contribution in [2.24, 2.45) is 4.99 Å². The van der Waals surface area contributed by atoms with E-state index < -0.39 is 0 Å². The molecule has 0 aliphatic heterocycles. The number of guanidine groups is 1. The first kappa shape index (κ1) is 18.2. The summed E-state index contributed by atoms with van der Waals surface area (Å²) in [6.45, 7) is 3.72. The van der Waals surface area contributed by atoms with Crippen LogP contribution in [0.3, 0.4) is 0 Å². The third-order valence-corrected chi connectivity index (χ3v) is 4.61. The van der Waals surface area contributed by atoms with Crippen molar-refractivity contribution in [3.8, 4) is 5.75 Å². The van der Waals surface area contributed by atoms with Crippen LogP contribution in [0.4, 0.5) is 0 Å². The molecule has 0 saturated carbocycles. The lowest BCUT2D eigenvalue weighted by atomic mass is 10.2. The van der Waals surface area contributed by atoms with E-state index in [0.717, 1.165) is 23.8 Å². The van der Waals surface area contributed by atoms with Gasteiger partial charge in [-0.25, -0.2) is 0 Å². The summed E-state index contributed by atoms with van der Waals surface area (Å²) in [6.07, 6.45) is 0. The SMILES string of the molecule is CN=C(NCc1ccccc1OC)NCC(C)Sc1ccccc1. The Morgan fingerprint density at radius 3 is 2.50 bits per heavy atom. The highest BCUT2D eigenvalue weighted by molar-refractivity contribution is 8.00. The topological polar surface area (TPSA) is 45.7 Å². The molecule has 128 valence electrons. The molecular formula is C19H25N3OS. The van der Waals surface area contributed by atoms with Crippen LogP contribution in [0.2, 0.25) is 0 Å². The molecule has 2 N–H and O–H groups in total. The van der Waals surface area contributed by atoms with Crippen molar-refractivity contribution in [3.05, 3.63) is 60.2 Å². The number of aliphatic imine (C=N–C) groups is 1. The summed E-state index contributed by atoms with van der Waals surface area (Å²) in [5.74, 6) is 1.68. The van der Waals surface area contributed by atoms with Gasteiger partial charge in [0.25, 0.3) is 0 Å². The standard InChI is InChI=1S/C19H25N3OS/c1-15(24-17-10-5-4-6-11-17)13-21-19(20-2)22-14-16-9-7-8-12-18(16)23-3/h4-12,15H,13-14H2,1-3H3,(H2,20,21,22). The van der Waals surface area contributed by atoms with Gasteiger partial charge in [-0.15, -0.1) is 11.8 Å². The van der Waals surface area contributed by atoms with Crippen LogP contribution in [-0.2, 0) is 6.54 Å². The van der Waals surface area contributed by atoms with E-state index >= 15 is 0 Å². The van der Waals surface area contributed by atoms with Crippen molar-refractivity contribution in [2.75, 3.05) is 20.7 Å². The van der Waals surface area contributed by atoms with Gasteiger partial charge in [0, 0.05) is 35.8 Å². The van der Waals surface area contributed by atoms with Crippen molar-refractivity contribution in [2.45, 2.75) is 23.6 Å². The van der Waals surface area contributed by atoms with Gasteiger partial charge in [0.2, 0.25) is 0 Å². The van der Waals surface area contributed by atoms with E-state index in [1.165, 1.54) is 4.90 Å². The zero-order valence-corrected chi connectivity index (χ0v) is 15.3. The van der Waals surface area contributed by atoms with Crippen molar-refractivity contribution in [1.82, 2.24) is 10.6 Å². The first-order valence-electron chi connectivity index (χ1n) is 8.01. The largest absolute Gasteiger partial charge is 0.496 e. The summed E-state index contributed by atoms with van der Waals surface area (Å²) in [4.78, 5) is 5.56. The van der Waals surface area contributed by atoms with Crippen molar-refractivity contribution in [1.29, 1.82) is 0 Å². The number of nitrogens with zero attached hydrogens (tertiary/aromatic N) is 1. The Hall–Kier alpha value is -2.14. The second-order valence-corrected chi connectivity index (χ2v) is 6.87. The van der Waals surface area contributed by atoms with Crippen LogP contribution in [0.1, 0.15) is 12.5 Å². The highest BCUT2D eigenvalue weighted by Crippen LogP contribution is 2.22. The Bertz CT molecular complexity index is 646. The summed E-state index contributed by atoms with van der Waals surface area (Å²) >= 11 is 1.85. The molecular weight excluding hydrogens is 318 g/mol. The van der Waals surface area contributed by atoms with Gasteiger partial charge in [0.1, 0.15) is 5.75 Å². The molecule has 24 heavy (non-hydrogen) atoms. The molecule has 2 rings (SSSR count). The fourth-order valence-electron chi connectivity index (χ4n) is 2.26. The van der Waals surface area contributed by atoms with Gasteiger partial charge in [-0.3, -0.25) is 4.99 Å². The average Bonchev–Trinajstić information content (AvgIpc) is 2.63. The zero-order valence-electron chi connectivity index (χ0n) is 14.5. The molecule has 0 aliphatic carbocycles. The highest BCUT2D eigenvalue weighted by atomic mass is 32.2.